The summed E-state index contributed by atoms with van der Waals surface area (Å²) in [6.07, 6.45) is -0.588. The Kier molecular flexibility index (Phi) is 10.2. The van der Waals surface area contributed by atoms with Gasteiger partial charge in [-0.2, -0.15) is 0 Å². The minimum Gasteiger partial charge on any atom is -0.453 e. The highest BCUT2D eigenvalue weighted by atomic mass is 16.5. The number of likely N-dealkylation sites (N-methyl/N-ethyl adjacent to an activating group) is 1. The van der Waals surface area contributed by atoms with Crippen molar-refractivity contribution in [2.75, 3.05) is 46.9 Å². The van der Waals surface area contributed by atoms with Gasteiger partial charge in [-0.05, 0) is 7.05 Å². The monoisotopic (exact) mass is 303 g/mol. The molecule has 0 saturated carbocycles. The Hall–Kier alpha value is -2.36. The second kappa shape index (κ2) is 11.5. The predicted octanol–water partition coefficient (Wildman–Crippen LogP) is -3.09. The third-order valence-electron chi connectivity index (χ3n) is 2.13. The van der Waals surface area contributed by atoms with Gasteiger partial charge in [0, 0.05) is 13.1 Å². The van der Waals surface area contributed by atoms with Crippen molar-refractivity contribution in [3.63, 3.8) is 0 Å². The Balaban J connectivity index is 3.61. The molecule has 0 spiro atoms. The number of ether oxygens (including phenoxy) is 1. The van der Waals surface area contributed by atoms with Gasteiger partial charge in [0.15, 0.2) is 0 Å². The van der Waals surface area contributed by atoms with E-state index in [1.165, 1.54) is 7.11 Å². The number of nitrogens with one attached hydrogen (secondary N) is 5. The minimum atomic E-state index is -0.588. The molecule has 0 aliphatic heterocycles. The summed E-state index contributed by atoms with van der Waals surface area (Å²) in [5.41, 5.74) is 0. The number of methoxy groups -OCH3 is 1. The number of carbonyl (C=O) groups excluding carboxylic acids is 4. The first-order valence-electron chi connectivity index (χ1n) is 6.26. The summed E-state index contributed by atoms with van der Waals surface area (Å²) in [5.74, 6) is -1.19. The van der Waals surface area contributed by atoms with Crippen LogP contribution in [-0.4, -0.2) is 70.7 Å². The number of carbonyl (C=O) groups is 4. The van der Waals surface area contributed by atoms with Crippen LogP contribution in [0.25, 0.3) is 0 Å². The number of rotatable bonds is 9. The maximum atomic E-state index is 11.3. The second-order valence-electron chi connectivity index (χ2n) is 3.85. The van der Waals surface area contributed by atoms with Crippen molar-refractivity contribution in [1.82, 2.24) is 26.6 Å². The van der Waals surface area contributed by atoms with Gasteiger partial charge in [0.1, 0.15) is 0 Å². The number of hydrogen-bond donors (Lipinski definition) is 5. The molecule has 0 rings (SSSR count). The molecule has 0 aromatic rings. The van der Waals surface area contributed by atoms with Crippen LogP contribution in [0.15, 0.2) is 0 Å². The first-order valence-corrected chi connectivity index (χ1v) is 6.26. The van der Waals surface area contributed by atoms with Crippen LogP contribution in [0, 0.1) is 0 Å². The molecule has 0 aromatic carbocycles. The van der Waals surface area contributed by atoms with E-state index < -0.39 is 17.9 Å². The quantitative estimate of drug-likeness (QED) is 0.286. The summed E-state index contributed by atoms with van der Waals surface area (Å²) in [4.78, 5) is 44.4. The van der Waals surface area contributed by atoms with Crippen molar-refractivity contribution >= 4 is 23.8 Å². The van der Waals surface area contributed by atoms with Gasteiger partial charge in [-0.3, -0.25) is 14.4 Å². The molecule has 120 valence electrons. The van der Waals surface area contributed by atoms with Gasteiger partial charge in [-0.25, -0.2) is 4.79 Å². The molecule has 0 aliphatic rings. The van der Waals surface area contributed by atoms with Gasteiger partial charge in [0.25, 0.3) is 0 Å². The van der Waals surface area contributed by atoms with Gasteiger partial charge < -0.3 is 31.3 Å². The Morgan fingerprint density at radius 3 is 1.76 bits per heavy atom. The van der Waals surface area contributed by atoms with Gasteiger partial charge in [0.2, 0.25) is 17.7 Å². The molecular formula is C11H21N5O5. The third-order valence-corrected chi connectivity index (χ3v) is 2.13. The molecule has 10 heteroatoms. The van der Waals surface area contributed by atoms with E-state index in [1.807, 2.05) is 0 Å². The van der Waals surface area contributed by atoms with E-state index >= 15 is 0 Å². The minimum absolute atomic E-state index is 0.112. The molecule has 5 N–H and O–H groups in total. The van der Waals surface area contributed by atoms with Crippen molar-refractivity contribution in [2.24, 2.45) is 0 Å². The Labute approximate surface area is 122 Å². The van der Waals surface area contributed by atoms with Gasteiger partial charge in [-0.1, -0.05) is 0 Å². The SMILES string of the molecule is CNCC(=O)NCC(=O)NCC(=O)NCCNC(=O)OC. The van der Waals surface area contributed by atoms with Crippen LogP contribution in [-0.2, 0) is 19.1 Å². The van der Waals surface area contributed by atoms with Crippen molar-refractivity contribution in [1.29, 1.82) is 0 Å². The van der Waals surface area contributed by atoms with Crippen LogP contribution in [0.5, 0.6) is 0 Å². The Morgan fingerprint density at radius 2 is 1.24 bits per heavy atom. The first kappa shape index (κ1) is 18.6. The van der Waals surface area contributed by atoms with E-state index in [0.29, 0.717) is 0 Å². The van der Waals surface area contributed by atoms with Crippen LogP contribution >= 0.6 is 0 Å². The fourth-order valence-corrected chi connectivity index (χ4v) is 1.14. The van der Waals surface area contributed by atoms with Gasteiger partial charge in [-0.15, -0.1) is 0 Å². The normalized spacial score (nSPS) is 9.43. The highest BCUT2D eigenvalue weighted by Crippen LogP contribution is 1.71. The molecule has 0 aliphatic carbocycles. The average molecular weight is 303 g/mol. The largest absolute Gasteiger partial charge is 0.453 e. The van der Waals surface area contributed by atoms with E-state index in [-0.39, 0.29) is 38.6 Å². The highest BCUT2D eigenvalue weighted by molar-refractivity contribution is 5.88. The molecule has 0 atom stereocenters. The summed E-state index contributed by atoms with van der Waals surface area (Å²) in [6.45, 7) is 0.132. The molecule has 0 aromatic heterocycles. The van der Waals surface area contributed by atoms with E-state index in [1.54, 1.807) is 7.05 Å². The molecule has 0 bridgehead atoms. The van der Waals surface area contributed by atoms with Gasteiger partial charge in [0.05, 0.1) is 26.7 Å². The van der Waals surface area contributed by atoms with Crippen molar-refractivity contribution < 1.29 is 23.9 Å². The Bertz CT molecular complexity index is 374. The lowest BCUT2D eigenvalue weighted by Gasteiger charge is -2.08. The topological polar surface area (TPSA) is 138 Å². The smallest absolute Gasteiger partial charge is 0.406 e. The van der Waals surface area contributed by atoms with Crippen molar-refractivity contribution in [2.45, 2.75) is 0 Å². The zero-order valence-electron chi connectivity index (χ0n) is 12.1. The molecule has 21 heavy (non-hydrogen) atoms. The molecule has 10 nitrogen and oxygen atoms in total. The van der Waals surface area contributed by atoms with Crippen molar-refractivity contribution in [3.8, 4) is 0 Å². The van der Waals surface area contributed by atoms with Crippen LogP contribution < -0.4 is 26.6 Å². The van der Waals surface area contributed by atoms with Crippen LogP contribution in [0.4, 0.5) is 4.79 Å². The van der Waals surface area contributed by atoms with E-state index in [4.69, 9.17) is 0 Å². The maximum Gasteiger partial charge on any atom is 0.406 e. The van der Waals surface area contributed by atoms with E-state index in [2.05, 4.69) is 31.3 Å². The van der Waals surface area contributed by atoms with Crippen LogP contribution in [0.3, 0.4) is 0 Å². The lowest BCUT2D eigenvalue weighted by molar-refractivity contribution is -0.127. The summed E-state index contributed by atoms with van der Waals surface area (Å²) in [7, 11) is 2.85. The zero-order valence-corrected chi connectivity index (χ0v) is 12.1. The molecule has 0 radical (unpaired) electrons. The first-order chi connectivity index (χ1) is 9.99. The standard InChI is InChI=1S/C11H21N5O5/c1-12-5-8(17)15-7-10(19)16-6-9(18)13-3-4-14-11(20)21-2/h12H,3-7H2,1-2H3,(H,13,18)(H,14,20)(H,15,17)(H,16,19). The van der Waals surface area contributed by atoms with E-state index in [9.17, 15) is 19.2 Å². The fourth-order valence-electron chi connectivity index (χ4n) is 1.14. The zero-order chi connectivity index (χ0) is 16.1. The summed E-state index contributed by atoms with van der Waals surface area (Å²) in [6, 6.07) is 0. The fraction of sp³-hybridized carbons (Fsp3) is 0.636. The maximum absolute atomic E-state index is 11.3. The predicted molar refractivity (Wildman–Crippen MR) is 73.4 cm³/mol. The molecular weight excluding hydrogens is 282 g/mol. The Morgan fingerprint density at radius 1 is 0.762 bits per heavy atom. The highest BCUT2D eigenvalue weighted by Gasteiger charge is 2.07. The molecule has 0 unspecified atom stereocenters. The molecule has 4 amide bonds. The van der Waals surface area contributed by atoms with E-state index in [0.717, 1.165) is 0 Å². The van der Waals surface area contributed by atoms with Crippen LogP contribution in [0.1, 0.15) is 0 Å². The summed E-state index contributed by atoms with van der Waals surface area (Å²) < 4.78 is 4.34. The number of alkyl carbamates (subject to hydrolysis) is 1. The van der Waals surface area contributed by atoms with Crippen LogP contribution in [0.2, 0.25) is 0 Å². The van der Waals surface area contributed by atoms with Gasteiger partial charge >= 0.3 is 6.09 Å². The lowest BCUT2D eigenvalue weighted by Crippen LogP contribution is -2.44. The third kappa shape index (κ3) is 11.2. The molecule has 0 saturated heterocycles. The molecule has 0 heterocycles. The summed E-state index contributed by atoms with van der Waals surface area (Å²) >= 11 is 0. The summed E-state index contributed by atoms with van der Waals surface area (Å²) in [5, 5.41) is 12.2. The molecule has 0 fully saturated rings. The average Bonchev–Trinajstić information content (AvgIpc) is 2.47. The lowest BCUT2D eigenvalue weighted by atomic mass is 10.4. The second-order valence-corrected chi connectivity index (χ2v) is 3.85. The van der Waals surface area contributed by atoms with Crippen molar-refractivity contribution in [3.05, 3.63) is 0 Å². The number of amides is 4. The number of hydrogen-bond acceptors (Lipinski definition) is 6.